The Labute approximate surface area is 145 Å². The quantitative estimate of drug-likeness (QED) is 0.739. The summed E-state index contributed by atoms with van der Waals surface area (Å²) in [6.45, 7) is 3.36. The zero-order valence-corrected chi connectivity index (χ0v) is 14.0. The fourth-order valence-corrected chi connectivity index (χ4v) is 2.26. The molecule has 1 rings (SSSR count). The van der Waals surface area contributed by atoms with Gasteiger partial charge in [0, 0.05) is 0 Å². The Balaban J connectivity index is 3.11. The third-order valence-corrected chi connectivity index (χ3v) is 3.85. The first kappa shape index (κ1) is 21.8. The molecule has 0 spiro atoms. The predicted molar refractivity (Wildman–Crippen MR) is 80.7 cm³/mol. The van der Waals surface area contributed by atoms with E-state index in [-0.39, 0.29) is 12.0 Å². The summed E-state index contributed by atoms with van der Waals surface area (Å²) in [5.74, 6) is -2.09. The van der Waals surface area contributed by atoms with Gasteiger partial charge in [-0.2, -0.15) is 26.3 Å². The molecular weight excluding hydrogens is 366 g/mol. The van der Waals surface area contributed by atoms with Crippen molar-refractivity contribution in [2.45, 2.75) is 45.1 Å². The van der Waals surface area contributed by atoms with Crippen LogP contribution in [-0.4, -0.2) is 17.9 Å². The molecule has 26 heavy (non-hydrogen) atoms. The maximum atomic E-state index is 12.8. The van der Waals surface area contributed by atoms with E-state index in [1.54, 1.807) is 13.8 Å². The van der Waals surface area contributed by atoms with Crippen LogP contribution in [0.15, 0.2) is 18.2 Å². The molecule has 3 N–H and O–H groups in total. The molecule has 0 aliphatic heterocycles. The van der Waals surface area contributed by atoms with Gasteiger partial charge >= 0.3 is 12.4 Å². The number of amides is 2. The van der Waals surface area contributed by atoms with Crippen molar-refractivity contribution in [2.75, 3.05) is 0 Å². The Bertz CT molecular complexity index is 637. The second-order valence-electron chi connectivity index (χ2n) is 5.92. The van der Waals surface area contributed by atoms with Crippen LogP contribution in [0.3, 0.4) is 0 Å². The van der Waals surface area contributed by atoms with Gasteiger partial charge in [0.15, 0.2) is 0 Å². The highest BCUT2D eigenvalue weighted by Gasteiger charge is 2.37. The average Bonchev–Trinajstić information content (AvgIpc) is 2.49. The van der Waals surface area contributed by atoms with Crippen LogP contribution in [0, 0.1) is 5.92 Å². The summed E-state index contributed by atoms with van der Waals surface area (Å²) in [7, 11) is 0. The third kappa shape index (κ3) is 5.92. The SMILES string of the molecule is CC[C@H](C)[C@@H](NC(=O)Cc1cc(C(F)(F)F)cc(C(F)(F)F)c1)C(N)=O. The monoisotopic (exact) mass is 384 g/mol. The second kappa shape index (κ2) is 7.96. The Morgan fingerprint density at radius 2 is 1.50 bits per heavy atom. The predicted octanol–water partition coefficient (Wildman–Crippen LogP) is 3.28. The maximum Gasteiger partial charge on any atom is 0.416 e. The van der Waals surface area contributed by atoms with Crippen molar-refractivity contribution >= 4 is 11.8 Å². The minimum atomic E-state index is -5.00. The van der Waals surface area contributed by atoms with Crippen molar-refractivity contribution in [1.29, 1.82) is 0 Å². The second-order valence-corrected chi connectivity index (χ2v) is 5.92. The highest BCUT2D eigenvalue weighted by Crippen LogP contribution is 2.36. The van der Waals surface area contributed by atoms with Crippen LogP contribution in [0.2, 0.25) is 0 Å². The first-order valence-electron chi connectivity index (χ1n) is 7.62. The Kier molecular flexibility index (Phi) is 6.67. The molecule has 0 aromatic heterocycles. The summed E-state index contributed by atoms with van der Waals surface area (Å²) in [6.07, 6.45) is -10.3. The van der Waals surface area contributed by atoms with Crippen LogP contribution in [0.4, 0.5) is 26.3 Å². The van der Waals surface area contributed by atoms with Gasteiger partial charge in [-0.05, 0) is 29.7 Å². The van der Waals surface area contributed by atoms with Gasteiger partial charge < -0.3 is 11.1 Å². The summed E-state index contributed by atoms with van der Waals surface area (Å²) in [5, 5.41) is 2.26. The number of benzene rings is 1. The molecule has 0 saturated heterocycles. The van der Waals surface area contributed by atoms with E-state index in [0.717, 1.165) is 0 Å². The normalized spacial score (nSPS) is 14.6. The first-order valence-corrected chi connectivity index (χ1v) is 7.62. The Morgan fingerprint density at radius 1 is 1.04 bits per heavy atom. The standard InChI is InChI=1S/C16H18F6N2O2/c1-3-8(2)13(14(23)26)24-12(25)6-9-4-10(15(17,18)19)7-11(5-9)16(20,21)22/h4-5,7-8,13H,3,6H2,1-2H3,(H2,23,26)(H,24,25)/t8-,13+/m0/s1. The largest absolute Gasteiger partial charge is 0.416 e. The van der Waals surface area contributed by atoms with Crippen LogP contribution < -0.4 is 11.1 Å². The average molecular weight is 384 g/mol. The minimum Gasteiger partial charge on any atom is -0.368 e. The van der Waals surface area contributed by atoms with E-state index >= 15 is 0 Å². The van der Waals surface area contributed by atoms with E-state index in [4.69, 9.17) is 5.73 Å². The first-order chi connectivity index (χ1) is 11.8. The summed E-state index contributed by atoms with van der Waals surface area (Å²) >= 11 is 0. The number of carbonyl (C=O) groups is 2. The third-order valence-electron chi connectivity index (χ3n) is 3.85. The molecule has 1 aromatic carbocycles. The van der Waals surface area contributed by atoms with Gasteiger partial charge in [0.2, 0.25) is 11.8 Å². The van der Waals surface area contributed by atoms with Gasteiger partial charge in [0.05, 0.1) is 17.5 Å². The van der Waals surface area contributed by atoms with E-state index in [0.29, 0.717) is 18.6 Å². The number of alkyl halides is 6. The lowest BCUT2D eigenvalue weighted by atomic mass is 9.97. The summed E-state index contributed by atoms with van der Waals surface area (Å²) in [5.41, 5.74) is 1.67. The molecule has 2 amide bonds. The van der Waals surface area contributed by atoms with Gasteiger partial charge in [-0.1, -0.05) is 20.3 Å². The van der Waals surface area contributed by atoms with Crippen molar-refractivity contribution in [1.82, 2.24) is 5.32 Å². The van der Waals surface area contributed by atoms with Gasteiger partial charge in [-0.3, -0.25) is 9.59 Å². The minimum absolute atomic E-state index is 0.0211. The van der Waals surface area contributed by atoms with Crippen LogP contribution in [0.5, 0.6) is 0 Å². The van der Waals surface area contributed by atoms with Gasteiger partial charge in [0.1, 0.15) is 6.04 Å². The Morgan fingerprint density at radius 3 is 1.85 bits per heavy atom. The van der Waals surface area contributed by atoms with Gasteiger partial charge in [-0.15, -0.1) is 0 Å². The molecule has 0 aliphatic carbocycles. The number of primary amides is 1. The van der Waals surface area contributed by atoms with Crippen LogP contribution >= 0.6 is 0 Å². The van der Waals surface area contributed by atoms with Gasteiger partial charge in [-0.25, -0.2) is 0 Å². The molecule has 1 aromatic rings. The molecular formula is C16H18F6N2O2. The topological polar surface area (TPSA) is 72.2 Å². The zero-order chi connectivity index (χ0) is 20.3. The number of carbonyl (C=O) groups excluding carboxylic acids is 2. The van der Waals surface area contributed by atoms with Crippen LogP contribution in [0.25, 0.3) is 0 Å². The number of halogens is 6. The fourth-order valence-electron chi connectivity index (χ4n) is 2.26. The van der Waals surface area contributed by atoms with Crippen molar-refractivity contribution < 1.29 is 35.9 Å². The highest BCUT2D eigenvalue weighted by molar-refractivity contribution is 5.87. The summed E-state index contributed by atoms with van der Waals surface area (Å²) < 4.78 is 76.9. The van der Waals surface area contributed by atoms with E-state index in [9.17, 15) is 35.9 Å². The molecule has 0 unspecified atom stereocenters. The number of hydrogen-bond donors (Lipinski definition) is 2. The number of nitrogens with one attached hydrogen (secondary N) is 1. The molecule has 0 saturated carbocycles. The molecule has 0 heterocycles. The van der Waals surface area contributed by atoms with Crippen molar-refractivity contribution in [3.63, 3.8) is 0 Å². The molecule has 4 nitrogen and oxygen atoms in total. The zero-order valence-electron chi connectivity index (χ0n) is 14.0. The molecule has 0 aliphatic rings. The molecule has 0 bridgehead atoms. The number of rotatable bonds is 6. The Hall–Kier alpha value is -2.26. The van der Waals surface area contributed by atoms with Crippen molar-refractivity contribution in [3.05, 3.63) is 34.9 Å². The van der Waals surface area contributed by atoms with E-state index in [1.165, 1.54) is 0 Å². The lowest BCUT2D eigenvalue weighted by Gasteiger charge is -2.21. The number of hydrogen-bond acceptors (Lipinski definition) is 2. The van der Waals surface area contributed by atoms with E-state index < -0.39 is 53.3 Å². The lowest BCUT2D eigenvalue weighted by Crippen LogP contribution is -2.48. The summed E-state index contributed by atoms with van der Waals surface area (Å²) in [4.78, 5) is 23.4. The highest BCUT2D eigenvalue weighted by atomic mass is 19.4. The van der Waals surface area contributed by atoms with Gasteiger partial charge in [0.25, 0.3) is 0 Å². The van der Waals surface area contributed by atoms with Crippen molar-refractivity contribution in [2.24, 2.45) is 11.7 Å². The van der Waals surface area contributed by atoms with Crippen molar-refractivity contribution in [3.8, 4) is 0 Å². The smallest absolute Gasteiger partial charge is 0.368 e. The maximum absolute atomic E-state index is 12.8. The van der Waals surface area contributed by atoms with E-state index in [2.05, 4.69) is 5.32 Å². The van der Waals surface area contributed by atoms with Crippen LogP contribution in [-0.2, 0) is 28.4 Å². The molecule has 2 atom stereocenters. The lowest BCUT2D eigenvalue weighted by molar-refractivity contribution is -0.143. The van der Waals surface area contributed by atoms with Crippen LogP contribution in [0.1, 0.15) is 37.0 Å². The number of nitrogens with two attached hydrogens (primary N) is 1. The molecule has 10 heteroatoms. The fraction of sp³-hybridized carbons (Fsp3) is 0.500. The summed E-state index contributed by atoms with van der Waals surface area (Å²) in [6, 6.07) is -0.151. The van der Waals surface area contributed by atoms with E-state index in [1.807, 2.05) is 0 Å². The molecule has 0 fully saturated rings. The molecule has 146 valence electrons. The molecule has 0 radical (unpaired) electrons.